The monoisotopic (exact) mass is 581 g/mol. The van der Waals surface area contributed by atoms with E-state index in [9.17, 15) is 9.18 Å². The van der Waals surface area contributed by atoms with Crippen LogP contribution in [0.5, 0.6) is 5.75 Å². The number of nitrogens with one attached hydrogen (secondary N) is 1. The third-order valence-corrected chi connectivity index (χ3v) is 7.64. The molecule has 1 aliphatic heterocycles. The van der Waals surface area contributed by atoms with Gasteiger partial charge < -0.3 is 19.9 Å². The molecule has 1 saturated carbocycles. The van der Waals surface area contributed by atoms with Crippen molar-refractivity contribution in [2.75, 3.05) is 29.4 Å². The first-order valence-electron chi connectivity index (χ1n) is 13.9. The van der Waals surface area contributed by atoms with E-state index < -0.39 is 5.82 Å². The van der Waals surface area contributed by atoms with Crippen LogP contribution in [0.4, 0.5) is 20.2 Å². The van der Waals surface area contributed by atoms with Crippen LogP contribution in [-0.4, -0.2) is 47.1 Å². The van der Waals surface area contributed by atoms with E-state index in [1.165, 1.54) is 24.4 Å². The average molecular weight is 582 g/mol. The van der Waals surface area contributed by atoms with Crippen molar-refractivity contribution in [1.82, 2.24) is 14.7 Å². The number of halogens is 3. The summed E-state index contributed by atoms with van der Waals surface area (Å²) in [6.45, 7) is 6.39. The Balaban J connectivity index is 0.00000337. The molecule has 0 radical (unpaired) electrons. The third kappa shape index (κ3) is 6.10. The number of fused-ring (bicyclic) bond motifs is 1. The quantitative estimate of drug-likeness (QED) is 0.286. The van der Waals surface area contributed by atoms with Crippen LogP contribution in [0.1, 0.15) is 48.4 Å². The number of carbonyl (C=O) groups is 1. The summed E-state index contributed by atoms with van der Waals surface area (Å²) in [5.74, 6) is -0.145. The Morgan fingerprint density at radius 2 is 1.85 bits per heavy atom. The maximum absolute atomic E-state index is 15.3. The molecule has 2 fully saturated rings. The summed E-state index contributed by atoms with van der Waals surface area (Å²) in [5.41, 5.74) is 3.70. The predicted molar refractivity (Wildman–Crippen MR) is 158 cm³/mol. The van der Waals surface area contributed by atoms with Gasteiger partial charge in [-0.2, -0.15) is 0 Å². The fourth-order valence-electron chi connectivity index (χ4n) is 5.39. The summed E-state index contributed by atoms with van der Waals surface area (Å²) in [6, 6.07) is 16.2. The molecule has 0 spiro atoms. The van der Waals surface area contributed by atoms with Crippen molar-refractivity contribution in [2.45, 2.75) is 51.8 Å². The van der Waals surface area contributed by atoms with Gasteiger partial charge in [-0.05, 0) is 74.2 Å². The fourth-order valence-corrected chi connectivity index (χ4v) is 5.39. The molecular formula is C31H34ClF2N5O2. The first-order chi connectivity index (χ1) is 19.4. The number of hydrogen-bond donors (Lipinski definition) is 1. The summed E-state index contributed by atoms with van der Waals surface area (Å²) in [5, 5.41) is 2.87. The minimum atomic E-state index is -0.411. The second kappa shape index (κ2) is 11.9. The Hall–Kier alpha value is -3.85. The molecule has 10 heteroatoms. The van der Waals surface area contributed by atoms with Crippen molar-refractivity contribution in [1.29, 1.82) is 0 Å². The van der Waals surface area contributed by atoms with Crippen LogP contribution in [0.2, 0.25) is 0 Å². The molecule has 2 aliphatic rings. The Labute approximate surface area is 244 Å². The second-order valence-electron chi connectivity index (χ2n) is 10.6. The summed E-state index contributed by atoms with van der Waals surface area (Å²) in [4.78, 5) is 21.8. The van der Waals surface area contributed by atoms with Gasteiger partial charge in [0.25, 0.3) is 5.91 Å². The minimum Gasteiger partial charge on any atom is -0.490 e. The second-order valence-corrected chi connectivity index (χ2v) is 10.6. The largest absolute Gasteiger partial charge is 0.490 e. The van der Waals surface area contributed by atoms with E-state index in [1.807, 2.05) is 25.1 Å². The number of aromatic nitrogens is 2. The molecule has 41 heavy (non-hydrogen) atoms. The predicted octanol–water partition coefficient (Wildman–Crippen LogP) is 5.78. The summed E-state index contributed by atoms with van der Waals surface area (Å²) >= 11 is 0. The standard InChI is InChI=1S/C31H33F2N5O2.ClH/c1-3-27-30(38-13-12-22(32)17-29(38)35-27)31(39)34-18-21-4-11-28(26(33)16-21)36-14-15-37(20(2)19-36)23-5-7-24(8-6-23)40-25-9-10-25;/h4-8,11-13,16-17,20,25H,3,9-10,14-15,18-19H2,1-2H3,(H,34,39);1H/t20-;/m0./s1. The topological polar surface area (TPSA) is 62.1 Å². The molecule has 1 atom stereocenters. The Bertz CT molecular complexity index is 1540. The summed E-state index contributed by atoms with van der Waals surface area (Å²) < 4.78 is 36.3. The van der Waals surface area contributed by atoms with Crippen molar-refractivity contribution < 1.29 is 18.3 Å². The number of piperazine rings is 1. The summed E-state index contributed by atoms with van der Waals surface area (Å²) in [6.07, 6.45) is 4.68. The lowest BCUT2D eigenvalue weighted by molar-refractivity contribution is 0.0944. The highest BCUT2D eigenvalue weighted by Crippen LogP contribution is 2.30. The lowest BCUT2D eigenvalue weighted by atomic mass is 10.1. The number of aryl methyl sites for hydroxylation is 1. The van der Waals surface area contributed by atoms with Gasteiger partial charge in [-0.1, -0.05) is 13.0 Å². The van der Waals surface area contributed by atoms with Gasteiger partial charge in [-0.3, -0.25) is 9.20 Å². The maximum Gasteiger partial charge on any atom is 0.270 e. The molecule has 0 bridgehead atoms. The van der Waals surface area contributed by atoms with Gasteiger partial charge in [0, 0.05) is 50.2 Å². The highest BCUT2D eigenvalue weighted by Gasteiger charge is 2.27. The van der Waals surface area contributed by atoms with Crippen LogP contribution in [0.3, 0.4) is 0 Å². The number of rotatable bonds is 8. The number of imidazole rings is 1. The zero-order valence-electron chi connectivity index (χ0n) is 23.1. The van der Waals surface area contributed by atoms with E-state index in [-0.39, 0.29) is 36.7 Å². The number of amides is 1. The molecule has 1 amide bonds. The average Bonchev–Trinajstić information content (AvgIpc) is 3.69. The molecule has 2 aromatic carbocycles. The van der Waals surface area contributed by atoms with Crippen molar-refractivity contribution in [2.24, 2.45) is 0 Å². The van der Waals surface area contributed by atoms with Crippen LogP contribution in [0.15, 0.2) is 60.8 Å². The molecule has 216 valence electrons. The Kier molecular flexibility index (Phi) is 8.35. The first-order valence-corrected chi connectivity index (χ1v) is 13.9. The van der Waals surface area contributed by atoms with Gasteiger partial charge in [0.05, 0.1) is 17.5 Å². The van der Waals surface area contributed by atoms with Crippen molar-refractivity contribution in [3.63, 3.8) is 0 Å². The molecule has 0 unspecified atom stereocenters. The minimum absolute atomic E-state index is 0. The van der Waals surface area contributed by atoms with E-state index in [2.05, 4.69) is 39.2 Å². The highest BCUT2D eigenvalue weighted by molar-refractivity contribution is 5.94. The van der Waals surface area contributed by atoms with Crippen LogP contribution < -0.4 is 19.9 Å². The van der Waals surface area contributed by atoms with Gasteiger partial charge in [-0.15, -0.1) is 12.4 Å². The van der Waals surface area contributed by atoms with E-state index >= 15 is 4.39 Å². The zero-order valence-corrected chi connectivity index (χ0v) is 24.0. The molecule has 4 aromatic rings. The molecule has 7 nitrogen and oxygen atoms in total. The third-order valence-electron chi connectivity index (χ3n) is 7.64. The number of anilines is 2. The lowest BCUT2D eigenvalue weighted by Gasteiger charge is -2.42. The molecule has 1 aliphatic carbocycles. The van der Waals surface area contributed by atoms with Gasteiger partial charge >= 0.3 is 0 Å². The van der Waals surface area contributed by atoms with Gasteiger partial charge in [0.2, 0.25) is 0 Å². The number of carbonyl (C=O) groups excluding carboxylic acids is 1. The van der Waals surface area contributed by atoms with Crippen LogP contribution in [-0.2, 0) is 13.0 Å². The van der Waals surface area contributed by atoms with E-state index in [1.54, 1.807) is 10.5 Å². The zero-order chi connectivity index (χ0) is 27.8. The van der Waals surface area contributed by atoms with Gasteiger partial charge in [-0.25, -0.2) is 13.8 Å². The number of hydrogen-bond acceptors (Lipinski definition) is 5. The van der Waals surface area contributed by atoms with Crippen molar-refractivity contribution >= 4 is 35.3 Å². The normalized spacial score (nSPS) is 16.9. The van der Waals surface area contributed by atoms with Crippen LogP contribution >= 0.6 is 12.4 Å². The molecule has 1 N–H and O–H groups in total. The smallest absolute Gasteiger partial charge is 0.270 e. The highest BCUT2D eigenvalue weighted by atomic mass is 35.5. The molecule has 2 aromatic heterocycles. The molecule has 1 saturated heterocycles. The molecular weight excluding hydrogens is 548 g/mol. The lowest BCUT2D eigenvalue weighted by Crippen LogP contribution is -2.52. The number of benzene rings is 2. The fraction of sp³-hybridized carbons (Fsp3) is 0.355. The number of ether oxygens (including phenoxy) is 1. The molecule has 3 heterocycles. The molecule has 6 rings (SSSR count). The van der Waals surface area contributed by atoms with Gasteiger partial charge in [0.1, 0.15) is 28.7 Å². The SMILES string of the molecule is CCc1nc2cc(F)ccn2c1C(=O)NCc1ccc(N2CCN(c3ccc(OC4CC4)cc3)[C@@H](C)C2)c(F)c1.Cl. The van der Waals surface area contributed by atoms with E-state index in [4.69, 9.17) is 4.74 Å². The Morgan fingerprint density at radius 3 is 2.54 bits per heavy atom. The van der Waals surface area contributed by atoms with Crippen LogP contribution in [0, 0.1) is 11.6 Å². The number of nitrogens with zero attached hydrogens (tertiary/aromatic N) is 4. The Morgan fingerprint density at radius 1 is 1.07 bits per heavy atom. The van der Waals surface area contributed by atoms with Crippen molar-refractivity contribution in [3.8, 4) is 5.75 Å². The van der Waals surface area contributed by atoms with E-state index in [0.29, 0.717) is 53.9 Å². The number of pyridine rings is 1. The first kappa shape index (κ1) is 28.7. The van der Waals surface area contributed by atoms with Crippen LogP contribution in [0.25, 0.3) is 5.65 Å². The summed E-state index contributed by atoms with van der Waals surface area (Å²) in [7, 11) is 0. The van der Waals surface area contributed by atoms with Gasteiger partial charge in [0.15, 0.2) is 0 Å². The van der Waals surface area contributed by atoms with E-state index in [0.717, 1.165) is 30.8 Å². The van der Waals surface area contributed by atoms with Crippen molar-refractivity contribution in [3.05, 3.63) is 89.4 Å². The maximum atomic E-state index is 15.3.